The fraction of sp³-hybridized carbons (Fsp3) is 0.864. The van der Waals surface area contributed by atoms with Gasteiger partial charge in [-0.15, -0.1) is 0 Å². The lowest BCUT2D eigenvalue weighted by molar-refractivity contribution is -0.132. The summed E-state index contributed by atoms with van der Waals surface area (Å²) >= 11 is 0. The van der Waals surface area contributed by atoms with E-state index in [4.69, 9.17) is 4.43 Å². The summed E-state index contributed by atoms with van der Waals surface area (Å²) in [5.41, 5.74) is 0.265. The number of allylic oxidation sites excluding steroid dienone is 2. The topological polar surface area (TPSA) is 46.5 Å². The van der Waals surface area contributed by atoms with Crippen LogP contribution in [0.1, 0.15) is 60.8 Å². The van der Waals surface area contributed by atoms with Gasteiger partial charge in [-0.3, -0.25) is 4.79 Å². The maximum atomic E-state index is 13.2. The Balaban J connectivity index is 2.59. The Morgan fingerprint density at radius 3 is 2.04 bits per heavy atom. The van der Waals surface area contributed by atoms with Crippen molar-refractivity contribution in [2.24, 2.45) is 11.8 Å². The van der Waals surface area contributed by atoms with Crippen molar-refractivity contribution < 1.29 is 14.3 Å². The number of hydrogen-bond acceptors (Lipinski definition) is 3. The molecule has 0 aromatic carbocycles. The molecule has 0 heterocycles. The zero-order valence-corrected chi connectivity index (χ0v) is 21.3. The van der Waals surface area contributed by atoms with E-state index in [9.17, 15) is 9.90 Å². The standard InChI is InChI=1S/C22H42O3Si2/c1-21(2,3)26(7,8)18-14-17(25-27(9,10)22(4,5)6)15-12-11-13-16(18)20(24)19(15)23/h14-16,18,20,24H,11-13H2,1-10H3/t15-,16?,18-,20?/m0/s1. The molecule has 0 aliphatic heterocycles. The second-order valence-corrected chi connectivity index (χ2v) is 22.3. The number of ketones is 1. The third kappa shape index (κ3) is 4.15. The molecule has 1 saturated carbocycles. The van der Waals surface area contributed by atoms with E-state index in [2.05, 4.69) is 73.8 Å². The number of carbonyl (C=O) groups excluding carboxylic acids is 1. The molecule has 1 fully saturated rings. The van der Waals surface area contributed by atoms with E-state index in [1.807, 2.05) is 0 Å². The molecule has 0 aromatic heterocycles. The summed E-state index contributed by atoms with van der Waals surface area (Å²) in [6.07, 6.45) is 4.25. The molecule has 0 radical (unpaired) electrons. The van der Waals surface area contributed by atoms with Gasteiger partial charge in [0, 0.05) is 0 Å². The van der Waals surface area contributed by atoms with E-state index in [-0.39, 0.29) is 33.2 Å². The minimum absolute atomic E-state index is 0.00340. The lowest BCUT2D eigenvalue weighted by Gasteiger charge is -2.46. The average molecular weight is 411 g/mol. The van der Waals surface area contributed by atoms with E-state index in [0.29, 0.717) is 0 Å². The molecule has 2 bridgehead atoms. The zero-order valence-electron chi connectivity index (χ0n) is 19.3. The minimum atomic E-state index is -2.04. The van der Waals surface area contributed by atoms with E-state index >= 15 is 0 Å². The summed E-state index contributed by atoms with van der Waals surface area (Å²) in [5.74, 6) is 0.684. The molecule has 1 N–H and O–H groups in total. The summed E-state index contributed by atoms with van der Waals surface area (Å²) in [7, 11) is -3.85. The third-order valence-corrected chi connectivity index (χ3v) is 18.7. The Kier molecular flexibility index (Phi) is 6.05. The van der Waals surface area contributed by atoms with Crippen LogP contribution in [-0.2, 0) is 9.22 Å². The highest BCUT2D eigenvalue weighted by Gasteiger charge is 2.52. The molecule has 2 aliphatic carbocycles. The van der Waals surface area contributed by atoms with Crippen molar-refractivity contribution in [3.63, 3.8) is 0 Å². The molecular formula is C22H42O3Si2. The van der Waals surface area contributed by atoms with Crippen LogP contribution < -0.4 is 0 Å². The van der Waals surface area contributed by atoms with Gasteiger partial charge in [-0.25, -0.2) is 0 Å². The molecule has 2 aliphatic rings. The molecule has 27 heavy (non-hydrogen) atoms. The second-order valence-electron chi connectivity index (χ2n) is 11.9. The van der Waals surface area contributed by atoms with Crippen molar-refractivity contribution in [3.05, 3.63) is 11.8 Å². The van der Waals surface area contributed by atoms with E-state index < -0.39 is 22.5 Å². The summed E-state index contributed by atoms with van der Waals surface area (Å²) in [4.78, 5) is 13.2. The Bertz CT molecular complexity index is 608. The molecule has 4 atom stereocenters. The molecule has 0 spiro atoms. The van der Waals surface area contributed by atoms with Crippen LogP contribution in [0, 0.1) is 11.8 Å². The number of carbonyl (C=O) groups is 1. The smallest absolute Gasteiger partial charge is 0.250 e. The van der Waals surface area contributed by atoms with Gasteiger partial charge in [-0.05, 0) is 53.5 Å². The van der Waals surface area contributed by atoms with Gasteiger partial charge in [0.2, 0.25) is 8.32 Å². The van der Waals surface area contributed by atoms with Crippen LogP contribution in [0.4, 0.5) is 0 Å². The van der Waals surface area contributed by atoms with Crippen LogP contribution in [0.3, 0.4) is 0 Å². The van der Waals surface area contributed by atoms with Gasteiger partial charge in [0.05, 0.1) is 19.8 Å². The molecule has 3 nitrogen and oxygen atoms in total. The number of hydrogen-bond donors (Lipinski definition) is 1. The molecule has 0 aromatic rings. The number of rotatable bonds is 3. The van der Waals surface area contributed by atoms with Crippen molar-refractivity contribution in [2.75, 3.05) is 0 Å². The van der Waals surface area contributed by atoms with Crippen LogP contribution in [0.5, 0.6) is 0 Å². The first-order valence-corrected chi connectivity index (χ1v) is 16.6. The number of Topliss-reactive ketones (excluding diaryl/α,β-unsaturated/α-hetero) is 1. The zero-order chi connectivity index (χ0) is 21.0. The Morgan fingerprint density at radius 1 is 1.00 bits per heavy atom. The highest BCUT2D eigenvalue weighted by molar-refractivity contribution is 6.82. The van der Waals surface area contributed by atoms with E-state index in [1.165, 1.54) is 0 Å². The maximum absolute atomic E-state index is 13.2. The van der Waals surface area contributed by atoms with Crippen molar-refractivity contribution in [1.82, 2.24) is 0 Å². The minimum Gasteiger partial charge on any atom is -0.546 e. The first-order chi connectivity index (χ1) is 12.0. The molecular weight excluding hydrogens is 368 g/mol. The van der Waals surface area contributed by atoms with Gasteiger partial charge < -0.3 is 9.53 Å². The van der Waals surface area contributed by atoms with Crippen molar-refractivity contribution in [2.45, 2.75) is 109 Å². The van der Waals surface area contributed by atoms with Crippen LogP contribution in [-0.4, -0.2) is 33.4 Å². The SMILES string of the molecule is CC(C)(C)[Si](C)(C)OC1=C[C@H]([Si](C)(C)C(C)(C)C)C2CCC[C@@H]1C(=O)C2O. The second kappa shape index (κ2) is 7.14. The molecule has 2 rings (SSSR count). The molecule has 5 heteroatoms. The Morgan fingerprint density at radius 2 is 1.56 bits per heavy atom. The predicted molar refractivity (Wildman–Crippen MR) is 119 cm³/mol. The lowest BCUT2D eigenvalue weighted by Crippen LogP contribution is -2.47. The van der Waals surface area contributed by atoms with Gasteiger partial charge in [0.1, 0.15) is 6.10 Å². The highest BCUT2D eigenvalue weighted by atomic mass is 28.4. The number of fused-ring (bicyclic) bond motifs is 3. The van der Waals surface area contributed by atoms with E-state index in [1.54, 1.807) is 0 Å². The maximum Gasteiger partial charge on any atom is 0.250 e. The lowest BCUT2D eigenvalue weighted by atomic mass is 9.93. The van der Waals surface area contributed by atoms with Gasteiger partial charge in [0.15, 0.2) is 5.78 Å². The van der Waals surface area contributed by atoms with Crippen molar-refractivity contribution >= 4 is 22.2 Å². The monoisotopic (exact) mass is 410 g/mol. The van der Waals surface area contributed by atoms with Gasteiger partial charge in [-0.2, -0.15) is 0 Å². The van der Waals surface area contributed by atoms with Crippen molar-refractivity contribution in [3.8, 4) is 0 Å². The number of aliphatic hydroxyl groups excluding tert-OH is 1. The Labute approximate surface area is 169 Å². The van der Waals surface area contributed by atoms with Gasteiger partial charge in [-0.1, -0.05) is 61.1 Å². The van der Waals surface area contributed by atoms with Crippen LogP contribution in [0.15, 0.2) is 11.8 Å². The quantitative estimate of drug-likeness (QED) is 0.569. The van der Waals surface area contributed by atoms with Crippen LogP contribution in [0.2, 0.25) is 41.8 Å². The summed E-state index contributed by atoms with van der Waals surface area (Å²) < 4.78 is 6.76. The molecule has 0 amide bonds. The van der Waals surface area contributed by atoms with Crippen LogP contribution >= 0.6 is 0 Å². The van der Waals surface area contributed by atoms with Gasteiger partial charge >= 0.3 is 0 Å². The first kappa shape index (κ1) is 22.9. The average Bonchev–Trinajstić information content (AvgIpc) is 2.65. The van der Waals surface area contributed by atoms with Crippen molar-refractivity contribution in [1.29, 1.82) is 0 Å². The van der Waals surface area contributed by atoms with Crippen LogP contribution in [0.25, 0.3) is 0 Å². The molecule has 0 saturated heterocycles. The summed E-state index contributed by atoms with van der Waals surface area (Å²) in [6, 6.07) is 0. The normalized spacial score (nSPS) is 30.6. The predicted octanol–water partition coefficient (Wildman–Crippen LogP) is 6.13. The highest BCUT2D eigenvalue weighted by Crippen LogP contribution is 2.53. The third-order valence-electron chi connectivity index (χ3n) is 8.16. The number of aliphatic hydroxyl groups is 1. The molecule has 2 unspecified atom stereocenters. The largest absolute Gasteiger partial charge is 0.546 e. The fourth-order valence-corrected chi connectivity index (χ4v) is 8.25. The van der Waals surface area contributed by atoms with E-state index in [0.717, 1.165) is 25.0 Å². The first-order valence-electron chi connectivity index (χ1n) is 10.6. The summed E-state index contributed by atoms with van der Waals surface area (Å²) in [6.45, 7) is 23.0. The Hall–Kier alpha value is -0.396. The fourth-order valence-electron chi connectivity index (χ4n) is 4.15. The van der Waals surface area contributed by atoms with Gasteiger partial charge in [0.25, 0.3) is 0 Å². The summed E-state index contributed by atoms with van der Waals surface area (Å²) in [5, 5.41) is 11.3. The molecule has 156 valence electrons.